The molecule has 0 heterocycles. The predicted molar refractivity (Wildman–Crippen MR) is 108 cm³/mol. The van der Waals surface area contributed by atoms with Gasteiger partial charge in [-0.3, -0.25) is 0 Å². The van der Waals surface area contributed by atoms with Crippen LogP contribution in [-0.4, -0.2) is 11.1 Å². The molecule has 0 amide bonds. The summed E-state index contributed by atoms with van der Waals surface area (Å²) in [6.45, 7) is 0.864. The summed E-state index contributed by atoms with van der Waals surface area (Å²) in [6.07, 6.45) is 0. The van der Waals surface area contributed by atoms with Crippen LogP contribution in [-0.2, 0) is 13.2 Å². The van der Waals surface area contributed by atoms with Gasteiger partial charge in [-0.1, -0.05) is 53.5 Å². The van der Waals surface area contributed by atoms with Gasteiger partial charge in [-0.2, -0.15) is 0 Å². The number of anilines is 1. The van der Waals surface area contributed by atoms with Crippen molar-refractivity contribution in [2.24, 2.45) is 0 Å². The number of ether oxygens (including phenoxy) is 1. The van der Waals surface area contributed by atoms with Crippen molar-refractivity contribution in [1.29, 1.82) is 0 Å². The Hall–Kier alpha value is -2.69. The van der Waals surface area contributed by atoms with E-state index in [1.807, 2.05) is 48.5 Å². The monoisotopic (exact) mass is 401 g/mol. The maximum Gasteiger partial charge on any atom is 0.335 e. The van der Waals surface area contributed by atoms with Gasteiger partial charge in [0.2, 0.25) is 0 Å². The number of aromatic carboxylic acids is 1. The lowest BCUT2D eigenvalue weighted by Gasteiger charge is -2.14. The molecule has 0 aliphatic carbocycles. The van der Waals surface area contributed by atoms with Crippen molar-refractivity contribution in [2.45, 2.75) is 13.2 Å². The van der Waals surface area contributed by atoms with E-state index in [2.05, 4.69) is 5.32 Å². The van der Waals surface area contributed by atoms with E-state index < -0.39 is 5.97 Å². The van der Waals surface area contributed by atoms with Crippen LogP contribution in [0, 0.1) is 0 Å². The van der Waals surface area contributed by atoms with Gasteiger partial charge < -0.3 is 15.2 Å². The van der Waals surface area contributed by atoms with Gasteiger partial charge in [-0.05, 0) is 42.0 Å². The van der Waals surface area contributed by atoms with Crippen molar-refractivity contribution in [3.05, 3.63) is 93.5 Å². The summed E-state index contributed by atoms with van der Waals surface area (Å²) in [5.41, 5.74) is 2.68. The van der Waals surface area contributed by atoms with Crippen molar-refractivity contribution < 1.29 is 14.6 Å². The molecule has 0 saturated heterocycles. The molecule has 0 aliphatic heterocycles. The van der Waals surface area contributed by atoms with E-state index in [0.717, 1.165) is 16.9 Å². The number of carboxylic acid groups (broad SMARTS) is 1. The van der Waals surface area contributed by atoms with E-state index in [1.165, 1.54) is 12.1 Å². The van der Waals surface area contributed by atoms with E-state index in [1.54, 1.807) is 6.07 Å². The average Bonchev–Trinajstić information content (AvgIpc) is 2.67. The first kappa shape index (κ1) is 19.1. The first-order chi connectivity index (χ1) is 13.0. The highest BCUT2D eigenvalue weighted by molar-refractivity contribution is 6.33. The number of carbonyl (C=O) groups is 1. The van der Waals surface area contributed by atoms with Crippen LogP contribution in [0.2, 0.25) is 10.0 Å². The summed E-state index contributed by atoms with van der Waals surface area (Å²) >= 11 is 12.1. The minimum atomic E-state index is -0.999. The van der Waals surface area contributed by atoms with Gasteiger partial charge in [-0.25, -0.2) is 4.79 Å². The highest BCUT2D eigenvalue weighted by Crippen LogP contribution is 2.26. The predicted octanol–water partition coefficient (Wildman–Crippen LogP) is 5.88. The van der Waals surface area contributed by atoms with Crippen LogP contribution >= 0.6 is 23.2 Å². The Morgan fingerprint density at radius 1 is 1.00 bits per heavy atom. The molecule has 138 valence electrons. The minimum Gasteiger partial charge on any atom is -0.489 e. The Kier molecular flexibility index (Phi) is 6.22. The quantitative estimate of drug-likeness (QED) is 0.518. The summed E-state index contributed by atoms with van der Waals surface area (Å²) in [5.74, 6) is -0.258. The third-order valence-electron chi connectivity index (χ3n) is 3.96. The number of halogens is 2. The molecule has 3 rings (SSSR count). The number of hydrogen-bond acceptors (Lipinski definition) is 3. The number of hydrogen-bond donors (Lipinski definition) is 2. The molecule has 0 saturated carbocycles. The van der Waals surface area contributed by atoms with Gasteiger partial charge >= 0.3 is 5.97 Å². The molecule has 0 radical (unpaired) electrons. The molecule has 6 heteroatoms. The largest absolute Gasteiger partial charge is 0.489 e. The van der Waals surface area contributed by atoms with E-state index in [9.17, 15) is 4.79 Å². The summed E-state index contributed by atoms with van der Waals surface area (Å²) in [7, 11) is 0. The summed E-state index contributed by atoms with van der Waals surface area (Å²) in [5, 5.41) is 13.4. The Balaban J connectivity index is 1.70. The van der Waals surface area contributed by atoms with Crippen molar-refractivity contribution >= 4 is 34.9 Å². The fourth-order valence-corrected chi connectivity index (χ4v) is 2.83. The Morgan fingerprint density at radius 3 is 2.48 bits per heavy atom. The fourth-order valence-electron chi connectivity index (χ4n) is 2.52. The van der Waals surface area contributed by atoms with Crippen LogP contribution < -0.4 is 10.1 Å². The van der Waals surface area contributed by atoms with Crippen LogP contribution in [0.5, 0.6) is 5.75 Å². The molecule has 0 fully saturated rings. The molecule has 0 spiro atoms. The molecule has 2 N–H and O–H groups in total. The molecule has 0 bridgehead atoms. The summed E-state index contributed by atoms with van der Waals surface area (Å²) in [4.78, 5) is 11.1. The van der Waals surface area contributed by atoms with Crippen LogP contribution in [0.3, 0.4) is 0 Å². The minimum absolute atomic E-state index is 0.175. The second-order valence-corrected chi connectivity index (χ2v) is 6.72. The molecular formula is C21H17Cl2NO3. The van der Waals surface area contributed by atoms with E-state index in [0.29, 0.717) is 28.9 Å². The summed E-state index contributed by atoms with van der Waals surface area (Å²) < 4.78 is 5.93. The number of para-hydroxylation sites is 1. The van der Waals surface area contributed by atoms with Gasteiger partial charge in [0, 0.05) is 17.1 Å². The SMILES string of the molecule is O=C(O)c1ccc(Cl)c(NCc2ccccc2OCc2ccc(Cl)cc2)c1. The third kappa shape index (κ3) is 5.16. The molecule has 0 aliphatic rings. The lowest BCUT2D eigenvalue weighted by atomic mass is 10.1. The number of rotatable bonds is 7. The first-order valence-electron chi connectivity index (χ1n) is 8.25. The second-order valence-electron chi connectivity index (χ2n) is 5.88. The Labute approximate surface area is 167 Å². The van der Waals surface area contributed by atoms with Crippen LogP contribution in [0.25, 0.3) is 0 Å². The Bertz CT molecular complexity index is 942. The number of carboxylic acids is 1. The van der Waals surface area contributed by atoms with Gasteiger partial charge in [0.1, 0.15) is 12.4 Å². The lowest BCUT2D eigenvalue weighted by molar-refractivity contribution is 0.0697. The van der Waals surface area contributed by atoms with Crippen molar-refractivity contribution in [1.82, 2.24) is 0 Å². The zero-order valence-electron chi connectivity index (χ0n) is 14.3. The van der Waals surface area contributed by atoms with Gasteiger partial charge in [0.05, 0.1) is 16.3 Å². The molecular weight excluding hydrogens is 385 g/mol. The van der Waals surface area contributed by atoms with Crippen LogP contribution in [0.4, 0.5) is 5.69 Å². The molecule has 3 aromatic carbocycles. The molecule has 27 heavy (non-hydrogen) atoms. The second kappa shape index (κ2) is 8.80. The lowest BCUT2D eigenvalue weighted by Crippen LogP contribution is -2.05. The standard InChI is InChI=1S/C21H17Cl2NO3/c22-17-8-5-14(6-9-17)13-27-20-4-2-1-3-16(20)12-24-19-11-15(21(25)26)7-10-18(19)23/h1-11,24H,12-13H2,(H,25,26). The summed E-state index contributed by atoms with van der Waals surface area (Å²) in [6, 6.07) is 19.7. The zero-order valence-corrected chi connectivity index (χ0v) is 15.8. The van der Waals surface area contributed by atoms with Crippen molar-refractivity contribution in [3.8, 4) is 5.75 Å². The highest BCUT2D eigenvalue weighted by Gasteiger charge is 2.09. The van der Waals surface area contributed by atoms with Crippen LogP contribution in [0.15, 0.2) is 66.7 Å². The van der Waals surface area contributed by atoms with Crippen LogP contribution in [0.1, 0.15) is 21.5 Å². The van der Waals surface area contributed by atoms with Gasteiger partial charge in [0.25, 0.3) is 0 Å². The zero-order chi connectivity index (χ0) is 19.2. The highest BCUT2D eigenvalue weighted by atomic mass is 35.5. The molecule has 3 aromatic rings. The van der Waals surface area contributed by atoms with E-state index in [-0.39, 0.29) is 5.56 Å². The van der Waals surface area contributed by atoms with Gasteiger partial charge in [0.15, 0.2) is 0 Å². The average molecular weight is 402 g/mol. The van der Waals surface area contributed by atoms with Crippen molar-refractivity contribution in [3.63, 3.8) is 0 Å². The molecule has 0 aromatic heterocycles. The Morgan fingerprint density at radius 2 is 1.74 bits per heavy atom. The fraction of sp³-hybridized carbons (Fsp3) is 0.0952. The maximum atomic E-state index is 11.1. The number of benzene rings is 3. The number of nitrogens with one attached hydrogen (secondary N) is 1. The smallest absolute Gasteiger partial charge is 0.335 e. The molecule has 0 unspecified atom stereocenters. The first-order valence-corrected chi connectivity index (χ1v) is 9.00. The van der Waals surface area contributed by atoms with Gasteiger partial charge in [-0.15, -0.1) is 0 Å². The van der Waals surface area contributed by atoms with E-state index in [4.69, 9.17) is 33.0 Å². The topological polar surface area (TPSA) is 58.6 Å². The molecule has 0 atom stereocenters. The van der Waals surface area contributed by atoms with Crippen molar-refractivity contribution in [2.75, 3.05) is 5.32 Å². The maximum absolute atomic E-state index is 11.1. The molecule has 4 nitrogen and oxygen atoms in total. The van der Waals surface area contributed by atoms with E-state index >= 15 is 0 Å². The third-order valence-corrected chi connectivity index (χ3v) is 4.54. The normalized spacial score (nSPS) is 10.4.